The van der Waals surface area contributed by atoms with Crippen molar-refractivity contribution in [2.75, 3.05) is 7.11 Å². The molecule has 1 aromatic carbocycles. The smallest absolute Gasteiger partial charge is 0.137 e. The highest BCUT2D eigenvalue weighted by atomic mass is 16.5. The van der Waals surface area contributed by atoms with Crippen molar-refractivity contribution in [3.8, 4) is 5.75 Å². The average molecular weight is 192 g/mol. The quantitative estimate of drug-likeness (QED) is 0.686. The molecule has 0 saturated heterocycles. The largest absolute Gasteiger partial charge is 0.497 e. The maximum Gasteiger partial charge on any atom is 0.137 e. The van der Waals surface area contributed by atoms with Gasteiger partial charge in [0.25, 0.3) is 0 Å². The normalized spacial score (nSPS) is 9.43. The van der Waals surface area contributed by atoms with Crippen LogP contribution in [0, 0.1) is 6.92 Å². The summed E-state index contributed by atoms with van der Waals surface area (Å²) in [5.41, 5.74) is 2.04. The highest BCUT2D eigenvalue weighted by molar-refractivity contribution is 5.81. The Bertz CT molecular complexity index is 402. The number of hydrogen-bond donors (Lipinski definition) is 0. The Labute approximate surface area is 84.5 Å². The molecule has 0 aliphatic carbocycles. The molecule has 14 heavy (non-hydrogen) atoms. The highest BCUT2D eigenvalue weighted by Crippen LogP contribution is 2.24. The van der Waals surface area contributed by atoms with Crippen LogP contribution in [0.1, 0.15) is 19.4 Å². The summed E-state index contributed by atoms with van der Waals surface area (Å²) >= 11 is 0. The van der Waals surface area contributed by atoms with Gasteiger partial charge in [-0.1, -0.05) is 13.8 Å². The molecular formula is C12H16O2. The Hall–Kier alpha value is -1.44. The molecule has 0 amide bonds. The van der Waals surface area contributed by atoms with Gasteiger partial charge in [-0.15, -0.1) is 0 Å². The zero-order chi connectivity index (χ0) is 10.6. The summed E-state index contributed by atoms with van der Waals surface area (Å²) < 4.78 is 10.4. The Morgan fingerprint density at radius 3 is 2.57 bits per heavy atom. The second-order valence-electron chi connectivity index (χ2n) is 2.78. The van der Waals surface area contributed by atoms with Crippen molar-refractivity contribution in [1.82, 2.24) is 0 Å². The van der Waals surface area contributed by atoms with Crippen LogP contribution >= 0.6 is 0 Å². The molecule has 0 bridgehead atoms. The third-order valence-electron chi connectivity index (χ3n) is 1.98. The summed E-state index contributed by atoms with van der Waals surface area (Å²) in [6, 6.07) is 5.83. The van der Waals surface area contributed by atoms with Gasteiger partial charge in [0.1, 0.15) is 11.3 Å². The molecule has 0 atom stereocenters. The molecule has 2 heteroatoms. The van der Waals surface area contributed by atoms with E-state index in [0.29, 0.717) is 0 Å². The van der Waals surface area contributed by atoms with Gasteiger partial charge in [-0.25, -0.2) is 0 Å². The van der Waals surface area contributed by atoms with E-state index in [1.807, 2.05) is 39.0 Å². The minimum Gasteiger partial charge on any atom is -0.497 e. The molecule has 0 unspecified atom stereocenters. The van der Waals surface area contributed by atoms with E-state index in [1.165, 1.54) is 0 Å². The Kier molecular flexibility index (Phi) is 3.57. The van der Waals surface area contributed by atoms with Gasteiger partial charge >= 0.3 is 0 Å². The van der Waals surface area contributed by atoms with Gasteiger partial charge in [0, 0.05) is 11.5 Å². The fourth-order valence-corrected chi connectivity index (χ4v) is 1.27. The minimum atomic E-state index is 0.830. The van der Waals surface area contributed by atoms with Crippen molar-refractivity contribution < 1.29 is 9.15 Å². The average Bonchev–Trinajstić information content (AvgIpc) is 2.63. The van der Waals surface area contributed by atoms with Crippen LogP contribution in [0.25, 0.3) is 11.0 Å². The third kappa shape index (κ3) is 1.90. The molecule has 0 N–H and O–H groups in total. The maximum atomic E-state index is 5.31. The summed E-state index contributed by atoms with van der Waals surface area (Å²) in [6.07, 6.45) is 1.75. The monoisotopic (exact) mass is 192 g/mol. The first-order chi connectivity index (χ1) is 6.81. The van der Waals surface area contributed by atoms with Gasteiger partial charge in [-0.05, 0) is 24.6 Å². The number of ether oxygens (including phenoxy) is 1. The van der Waals surface area contributed by atoms with Crippen LogP contribution in [0.15, 0.2) is 28.9 Å². The lowest BCUT2D eigenvalue weighted by atomic mass is 10.2. The lowest BCUT2D eigenvalue weighted by Crippen LogP contribution is -1.80. The van der Waals surface area contributed by atoms with Crippen LogP contribution in [-0.4, -0.2) is 7.11 Å². The first-order valence-electron chi connectivity index (χ1n) is 4.83. The summed E-state index contributed by atoms with van der Waals surface area (Å²) in [7, 11) is 1.65. The van der Waals surface area contributed by atoms with Crippen molar-refractivity contribution in [3.05, 3.63) is 30.0 Å². The summed E-state index contributed by atoms with van der Waals surface area (Å²) in [5, 5.41) is 1.15. The molecule has 0 aliphatic rings. The number of benzene rings is 1. The minimum absolute atomic E-state index is 0.830. The molecule has 2 nitrogen and oxygen atoms in total. The number of furan rings is 1. The summed E-state index contributed by atoms with van der Waals surface area (Å²) in [4.78, 5) is 0. The van der Waals surface area contributed by atoms with Gasteiger partial charge in [-0.2, -0.15) is 0 Å². The maximum absolute atomic E-state index is 5.31. The van der Waals surface area contributed by atoms with Crippen molar-refractivity contribution in [1.29, 1.82) is 0 Å². The van der Waals surface area contributed by atoms with E-state index in [0.717, 1.165) is 22.3 Å². The van der Waals surface area contributed by atoms with Gasteiger partial charge in [0.15, 0.2) is 0 Å². The van der Waals surface area contributed by atoms with E-state index in [4.69, 9.17) is 9.15 Å². The number of aryl methyl sites for hydroxylation is 1. The van der Waals surface area contributed by atoms with E-state index in [2.05, 4.69) is 0 Å². The first-order valence-corrected chi connectivity index (χ1v) is 4.83. The van der Waals surface area contributed by atoms with Crippen molar-refractivity contribution >= 4 is 11.0 Å². The summed E-state index contributed by atoms with van der Waals surface area (Å²) in [5.74, 6) is 0.830. The van der Waals surface area contributed by atoms with E-state index in [-0.39, 0.29) is 0 Å². The number of hydrogen-bond acceptors (Lipinski definition) is 2. The lowest BCUT2D eigenvalue weighted by molar-refractivity contribution is 0.414. The molecule has 0 spiro atoms. The van der Waals surface area contributed by atoms with Gasteiger partial charge in [-0.3, -0.25) is 0 Å². The van der Waals surface area contributed by atoms with Gasteiger partial charge < -0.3 is 9.15 Å². The predicted molar refractivity (Wildman–Crippen MR) is 58.9 cm³/mol. The van der Waals surface area contributed by atoms with E-state index >= 15 is 0 Å². The third-order valence-corrected chi connectivity index (χ3v) is 1.98. The number of fused-ring (bicyclic) bond motifs is 1. The molecule has 1 heterocycles. The SMILES string of the molecule is CC.COc1ccc2c(C)coc2c1. The van der Waals surface area contributed by atoms with E-state index < -0.39 is 0 Å². The summed E-state index contributed by atoms with van der Waals surface area (Å²) in [6.45, 7) is 6.03. The van der Waals surface area contributed by atoms with Gasteiger partial charge in [0.05, 0.1) is 13.4 Å². The van der Waals surface area contributed by atoms with E-state index in [9.17, 15) is 0 Å². The van der Waals surface area contributed by atoms with Crippen molar-refractivity contribution in [2.24, 2.45) is 0 Å². The second kappa shape index (κ2) is 4.70. The fraction of sp³-hybridized carbons (Fsp3) is 0.333. The highest BCUT2D eigenvalue weighted by Gasteiger charge is 2.01. The van der Waals surface area contributed by atoms with Crippen LogP contribution in [0.3, 0.4) is 0 Å². The molecule has 1 aromatic heterocycles. The molecule has 0 radical (unpaired) electrons. The molecule has 2 aromatic rings. The van der Waals surface area contributed by atoms with Crippen LogP contribution in [0.4, 0.5) is 0 Å². The Balaban J connectivity index is 0.000000461. The topological polar surface area (TPSA) is 22.4 Å². The van der Waals surface area contributed by atoms with Crippen LogP contribution in [0.5, 0.6) is 5.75 Å². The molecule has 0 saturated carbocycles. The van der Waals surface area contributed by atoms with Gasteiger partial charge in [0.2, 0.25) is 0 Å². The molecule has 2 rings (SSSR count). The fourth-order valence-electron chi connectivity index (χ4n) is 1.27. The Morgan fingerprint density at radius 1 is 1.21 bits per heavy atom. The number of methoxy groups -OCH3 is 1. The van der Waals surface area contributed by atoms with Crippen molar-refractivity contribution in [2.45, 2.75) is 20.8 Å². The zero-order valence-electron chi connectivity index (χ0n) is 9.13. The van der Waals surface area contributed by atoms with Crippen LogP contribution < -0.4 is 4.74 Å². The second-order valence-corrected chi connectivity index (χ2v) is 2.78. The zero-order valence-corrected chi connectivity index (χ0v) is 9.13. The lowest BCUT2D eigenvalue weighted by Gasteiger charge is -1.97. The number of rotatable bonds is 1. The van der Waals surface area contributed by atoms with Crippen LogP contribution in [0.2, 0.25) is 0 Å². The molecule has 0 aliphatic heterocycles. The van der Waals surface area contributed by atoms with Crippen molar-refractivity contribution in [3.63, 3.8) is 0 Å². The molecule has 0 fully saturated rings. The standard InChI is InChI=1S/C10H10O2.C2H6/c1-7-6-12-10-5-8(11-2)3-4-9(7)10;1-2/h3-6H,1-2H3;1-2H3. The predicted octanol–water partition coefficient (Wildman–Crippen LogP) is 3.78. The first kappa shape index (κ1) is 10.6. The molecular weight excluding hydrogens is 176 g/mol. The van der Waals surface area contributed by atoms with Crippen LogP contribution in [-0.2, 0) is 0 Å². The van der Waals surface area contributed by atoms with E-state index in [1.54, 1.807) is 13.4 Å². The Morgan fingerprint density at radius 2 is 1.93 bits per heavy atom. The molecule has 76 valence electrons.